The van der Waals surface area contributed by atoms with Gasteiger partial charge in [-0.2, -0.15) is 0 Å². The molecule has 1 aliphatic heterocycles. The molecule has 1 fully saturated rings. The molecule has 0 aromatic heterocycles. The van der Waals surface area contributed by atoms with Crippen LogP contribution >= 0.6 is 0 Å². The van der Waals surface area contributed by atoms with Gasteiger partial charge in [0, 0.05) is 26.3 Å². The van der Waals surface area contributed by atoms with Crippen molar-refractivity contribution in [2.45, 2.75) is 50.7 Å². The van der Waals surface area contributed by atoms with Gasteiger partial charge in [-0.1, -0.05) is 42.5 Å². The maximum Gasteiger partial charge on any atom is 0.246 e. The van der Waals surface area contributed by atoms with Crippen molar-refractivity contribution in [3.05, 3.63) is 65.7 Å². The first-order valence-corrected chi connectivity index (χ1v) is 11.2. The molecule has 1 heterocycles. The number of nitrogens with one attached hydrogen (secondary N) is 2. The number of hydrogen-bond donors (Lipinski definition) is 4. The van der Waals surface area contributed by atoms with Crippen molar-refractivity contribution < 1.29 is 24.3 Å². The Bertz CT molecular complexity index is 1030. The molecule has 1 unspecified atom stereocenters. The van der Waals surface area contributed by atoms with Gasteiger partial charge in [-0.25, -0.2) is 0 Å². The Morgan fingerprint density at radius 2 is 1.59 bits per heavy atom. The van der Waals surface area contributed by atoms with Crippen LogP contribution in [0.1, 0.15) is 30.9 Å². The summed E-state index contributed by atoms with van der Waals surface area (Å²) in [6.07, 6.45) is 1.52. The minimum absolute atomic E-state index is 0.0990. The number of carbonyl (C=O) groups excluding carboxylic acids is 4. The lowest BCUT2D eigenvalue weighted by molar-refractivity contribution is -0.141. The van der Waals surface area contributed by atoms with Gasteiger partial charge in [0.05, 0.1) is 0 Å². The molecular weight excluding hydrogens is 436 g/mol. The first-order chi connectivity index (χ1) is 16.2. The number of aromatic hydroxyl groups is 1. The summed E-state index contributed by atoms with van der Waals surface area (Å²) in [6.45, 7) is 1.69. The van der Waals surface area contributed by atoms with E-state index in [9.17, 15) is 24.3 Å². The maximum atomic E-state index is 13.4. The molecule has 4 amide bonds. The molecule has 2 aromatic carbocycles. The lowest BCUT2D eigenvalue weighted by Crippen LogP contribution is -2.56. The van der Waals surface area contributed by atoms with Crippen molar-refractivity contribution >= 4 is 23.6 Å². The Hall–Kier alpha value is -3.88. The number of amides is 4. The van der Waals surface area contributed by atoms with Crippen molar-refractivity contribution in [2.24, 2.45) is 5.73 Å². The standard InChI is InChI=1S/C25H30N4O5/c1-16(30)27-21(15-18-9-11-19(31)12-10-18)25(34)29-13-5-8-22(29)24(33)28-20(23(26)32)14-17-6-3-2-4-7-17/h2-4,6-7,9-12,20-22,31H,5,8,13-15H2,1H3,(H2,26,32)(H,27,30)(H,28,33)/t20-,21?,22-/m0/s1. The van der Waals surface area contributed by atoms with E-state index in [1.54, 1.807) is 12.1 Å². The number of benzene rings is 2. The van der Waals surface area contributed by atoms with Crippen LogP contribution in [0.15, 0.2) is 54.6 Å². The van der Waals surface area contributed by atoms with E-state index >= 15 is 0 Å². The first-order valence-electron chi connectivity index (χ1n) is 11.2. The van der Waals surface area contributed by atoms with Crippen molar-refractivity contribution in [1.82, 2.24) is 15.5 Å². The van der Waals surface area contributed by atoms with Crippen molar-refractivity contribution in [3.63, 3.8) is 0 Å². The lowest BCUT2D eigenvalue weighted by Gasteiger charge is -2.29. The smallest absolute Gasteiger partial charge is 0.246 e. The summed E-state index contributed by atoms with van der Waals surface area (Å²) in [5.41, 5.74) is 7.13. The molecule has 1 saturated heterocycles. The van der Waals surface area contributed by atoms with Gasteiger partial charge in [0.25, 0.3) is 0 Å². The fourth-order valence-electron chi connectivity index (χ4n) is 4.16. The third-order valence-electron chi connectivity index (χ3n) is 5.83. The zero-order valence-electron chi connectivity index (χ0n) is 19.1. The van der Waals surface area contributed by atoms with E-state index in [2.05, 4.69) is 10.6 Å². The SMILES string of the molecule is CC(=O)NC(Cc1ccc(O)cc1)C(=O)N1CCC[C@H]1C(=O)N[C@@H](Cc1ccccc1)C(N)=O. The molecule has 3 rings (SSSR count). The summed E-state index contributed by atoms with van der Waals surface area (Å²) in [5.74, 6) is -1.75. The number of nitrogens with zero attached hydrogens (tertiary/aromatic N) is 1. The second kappa shape index (κ2) is 11.3. The molecule has 0 radical (unpaired) electrons. The number of phenols is 1. The predicted molar refractivity (Wildman–Crippen MR) is 125 cm³/mol. The lowest BCUT2D eigenvalue weighted by atomic mass is 10.0. The summed E-state index contributed by atoms with van der Waals surface area (Å²) in [6, 6.07) is 13.0. The Kier molecular flexibility index (Phi) is 8.24. The average molecular weight is 467 g/mol. The number of likely N-dealkylation sites (tertiary alicyclic amines) is 1. The van der Waals surface area contributed by atoms with E-state index in [0.717, 1.165) is 11.1 Å². The number of phenolic OH excluding ortho intramolecular Hbond substituents is 1. The van der Waals surface area contributed by atoms with Gasteiger partial charge < -0.3 is 26.4 Å². The normalized spacial score (nSPS) is 17.0. The van der Waals surface area contributed by atoms with Crippen LogP contribution in [-0.2, 0) is 32.0 Å². The van der Waals surface area contributed by atoms with E-state index in [4.69, 9.17) is 5.73 Å². The quantitative estimate of drug-likeness (QED) is 0.429. The topological polar surface area (TPSA) is 142 Å². The van der Waals surface area contributed by atoms with Crippen LogP contribution in [-0.4, -0.2) is 58.3 Å². The molecule has 3 atom stereocenters. The molecule has 34 heavy (non-hydrogen) atoms. The highest BCUT2D eigenvalue weighted by atomic mass is 16.3. The Labute approximate surface area is 198 Å². The van der Waals surface area contributed by atoms with Crippen LogP contribution in [0, 0.1) is 0 Å². The predicted octanol–water partition coefficient (Wildman–Crippen LogP) is 0.643. The average Bonchev–Trinajstić information content (AvgIpc) is 3.29. The highest BCUT2D eigenvalue weighted by molar-refractivity contribution is 5.94. The molecule has 0 aliphatic carbocycles. The molecule has 0 spiro atoms. The third-order valence-corrected chi connectivity index (χ3v) is 5.83. The molecule has 0 saturated carbocycles. The molecule has 5 N–H and O–H groups in total. The summed E-state index contributed by atoms with van der Waals surface area (Å²) in [5, 5.41) is 14.9. The van der Waals surface area contributed by atoms with E-state index in [0.29, 0.717) is 19.4 Å². The zero-order chi connectivity index (χ0) is 24.7. The maximum absolute atomic E-state index is 13.4. The van der Waals surface area contributed by atoms with Crippen LogP contribution in [0.4, 0.5) is 0 Å². The second-order valence-corrected chi connectivity index (χ2v) is 8.47. The van der Waals surface area contributed by atoms with Gasteiger partial charge in [0.1, 0.15) is 23.9 Å². The van der Waals surface area contributed by atoms with Crippen molar-refractivity contribution in [1.29, 1.82) is 0 Å². The van der Waals surface area contributed by atoms with Gasteiger partial charge in [-0.3, -0.25) is 19.2 Å². The highest BCUT2D eigenvalue weighted by Gasteiger charge is 2.38. The van der Waals surface area contributed by atoms with Crippen molar-refractivity contribution in [2.75, 3.05) is 6.54 Å². The molecule has 9 heteroatoms. The summed E-state index contributed by atoms with van der Waals surface area (Å²) in [7, 11) is 0. The van der Waals surface area contributed by atoms with E-state index in [-0.39, 0.29) is 30.4 Å². The fourth-order valence-corrected chi connectivity index (χ4v) is 4.16. The minimum Gasteiger partial charge on any atom is -0.508 e. The van der Waals surface area contributed by atoms with E-state index in [1.165, 1.54) is 24.0 Å². The number of hydrogen-bond acceptors (Lipinski definition) is 5. The molecule has 1 aliphatic rings. The number of carbonyl (C=O) groups is 4. The number of rotatable bonds is 9. The van der Waals surface area contributed by atoms with Gasteiger partial charge in [-0.05, 0) is 36.1 Å². The number of primary amides is 1. The Morgan fingerprint density at radius 3 is 2.21 bits per heavy atom. The fraction of sp³-hybridized carbons (Fsp3) is 0.360. The van der Waals surface area contributed by atoms with Crippen LogP contribution < -0.4 is 16.4 Å². The van der Waals surface area contributed by atoms with Crippen LogP contribution in [0.5, 0.6) is 5.75 Å². The Balaban J connectivity index is 1.72. The second-order valence-electron chi connectivity index (χ2n) is 8.47. The monoisotopic (exact) mass is 466 g/mol. The van der Waals surface area contributed by atoms with Crippen LogP contribution in [0.25, 0.3) is 0 Å². The zero-order valence-corrected chi connectivity index (χ0v) is 19.1. The molecular formula is C25H30N4O5. The van der Waals surface area contributed by atoms with Crippen molar-refractivity contribution in [3.8, 4) is 5.75 Å². The van der Waals surface area contributed by atoms with E-state index in [1.807, 2.05) is 30.3 Å². The highest BCUT2D eigenvalue weighted by Crippen LogP contribution is 2.21. The molecule has 0 bridgehead atoms. The molecule has 180 valence electrons. The van der Waals surface area contributed by atoms with Crippen LogP contribution in [0.3, 0.4) is 0 Å². The molecule has 9 nitrogen and oxygen atoms in total. The van der Waals surface area contributed by atoms with Crippen LogP contribution in [0.2, 0.25) is 0 Å². The summed E-state index contributed by atoms with van der Waals surface area (Å²) >= 11 is 0. The summed E-state index contributed by atoms with van der Waals surface area (Å²) in [4.78, 5) is 51.7. The Morgan fingerprint density at radius 1 is 0.971 bits per heavy atom. The van der Waals surface area contributed by atoms with Gasteiger partial charge in [0.15, 0.2) is 0 Å². The van der Waals surface area contributed by atoms with Gasteiger partial charge in [0.2, 0.25) is 23.6 Å². The van der Waals surface area contributed by atoms with Gasteiger partial charge in [-0.15, -0.1) is 0 Å². The third kappa shape index (κ3) is 6.57. The minimum atomic E-state index is -0.907. The van der Waals surface area contributed by atoms with Gasteiger partial charge >= 0.3 is 0 Å². The van der Waals surface area contributed by atoms with E-state index < -0.39 is 29.9 Å². The summed E-state index contributed by atoms with van der Waals surface area (Å²) < 4.78 is 0. The molecule has 2 aromatic rings. The largest absolute Gasteiger partial charge is 0.508 e. The number of nitrogens with two attached hydrogens (primary N) is 1. The first kappa shape index (κ1) is 24.8.